The molecular weight excluding hydrogens is 396 g/mol. The molecule has 1 aromatic carbocycles. The van der Waals surface area contributed by atoms with E-state index in [0.29, 0.717) is 53.8 Å². The Labute approximate surface area is 178 Å². The first-order chi connectivity index (χ1) is 15.0. The SMILES string of the molecule is CN1c2ncccc2C(=O)NC12CCN(C(=O)Cc1n[nH]c(=O)c3ccccc13)CC2. The second kappa shape index (κ2) is 7.19. The van der Waals surface area contributed by atoms with Crippen molar-refractivity contribution < 1.29 is 9.59 Å². The summed E-state index contributed by atoms with van der Waals surface area (Å²) in [6, 6.07) is 10.7. The van der Waals surface area contributed by atoms with Crippen LogP contribution in [0, 0.1) is 0 Å². The van der Waals surface area contributed by atoms with E-state index in [1.165, 1.54) is 0 Å². The third-order valence-electron chi connectivity index (χ3n) is 6.37. The third-order valence-corrected chi connectivity index (χ3v) is 6.37. The van der Waals surface area contributed by atoms with Gasteiger partial charge in [-0.1, -0.05) is 18.2 Å². The van der Waals surface area contributed by atoms with Gasteiger partial charge in [0.05, 0.1) is 23.1 Å². The molecule has 158 valence electrons. The van der Waals surface area contributed by atoms with Crippen molar-refractivity contribution in [2.24, 2.45) is 0 Å². The van der Waals surface area contributed by atoms with Crippen molar-refractivity contribution in [2.75, 3.05) is 25.0 Å². The van der Waals surface area contributed by atoms with E-state index in [1.807, 2.05) is 24.1 Å². The van der Waals surface area contributed by atoms with Crippen molar-refractivity contribution in [1.82, 2.24) is 25.4 Å². The molecule has 1 fully saturated rings. The number of likely N-dealkylation sites (tertiary alicyclic amines) is 1. The highest BCUT2D eigenvalue weighted by Crippen LogP contribution is 2.34. The molecule has 0 unspecified atom stereocenters. The summed E-state index contributed by atoms with van der Waals surface area (Å²) >= 11 is 0. The van der Waals surface area contributed by atoms with E-state index in [9.17, 15) is 14.4 Å². The number of carbonyl (C=O) groups excluding carboxylic acids is 2. The summed E-state index contributed by atoms with van der Waals surface area (Å²) in [5.41, 5.74) is 0.293. The molecule has 9 nitrogen and oxygen atoms in total. The first-order valence-corrected chi connectivity index (χ1v) is 10.2. The van der Waals surface area contributed by atoms with Gasteiger partial charge in [-0.2, -0.15) is 5.10 Å². The summed E-state index contributed by atoms with van der Waals surface area (Å²) in [5, 5.41) is 10.9. The number of H-pyrrole nitrogens is 1. The van der Waals surface area contributed by atoms with Crippen LogP contribution in [-0.4, -0.2) is 57.7 Å². The van der Waals surface area contributed by atoms with Gasteiger partial charge >= 0.3 is 0 Å². The van der Waals surface area contributed by atoms with Gasteiger partial charge in [0.15, 0.2) is 0 Å². The summed E-state index contributed by atoms with van der Waals surface area (Å²) in [6.07, 6.45) is 2.98. The molecule has 1 saturated heterocycles. The lowest BCUT2D eigenvalue weighted by atomic mass is 9.91. The number of amides is 2. The second-order valence-corrected chi connectivity index (χ2v) is 8.02. The van der Waals surface area contributed by atoms with Crippen LogP contribution in [0.25, 0.3) is 10.8 Å². The second-order valence-electron chi connectivity index (χ2n) is 8.02. The zero-order valence-electron chi connectivity index (χ0n) is 17.1. The van der Waals surface area contributed by atoms with Crippen LogP contribution in [0.15, 0.2) is 47.4 Å². The maximum atomic E-state index is 13.0. The number of anilines is 1. The Morgan fingerprint density at radius 1 is 1.10 bits per heavy atom. The number of rotatable bonds is 2. The zero-order chi connectivity index (χ0) is 21.6. The third kappa shape index (κ3) is 3.13. The molecule has 0 bridgehead atoms. The normalized spacial score (nSPS) is 17.5. The average molecular weight is 418 g/mol. The summed E-state index contributed by atoms with van der Waals surface area (Å²) in [4.78, 5) is 45.8. The highest BCUT2D eigenvalue weighted by molar-refractivity contribution is 6.01. The van der Waals surface area contributed by atoms with Gasteiger partial charge in [0.1, 0.15) is 11.5 Å². The van der Waals surface area contributed by atoms with Crippen LogP contribution in [-0.2, 0) is 11.2 Å². The molecule has 0 atom stereocenters. The standard InChI is InChI=1S/C22H22N6O3/c1-27-19-16(7-4-10-23-19)20(30)24-22(27)8-11-28(12-9-22)18(29)13-17-14-5-2-3-6-15(14)21(31)26-25-17/h2-7,10H,8-9,11-13H2,1H3,(H,24,30)(H,26,31). The minimum absolute atomic E-state index is 0.0529. The maximum absolute atomic E-state index is 13.0. The number of nitrogens with zero attached hydrogens (tertiary/aromatic N) is 4. The smallest absolute Gasteiger partial charge is 0.272 e. The van der Waals surface area contributed by atoms with E-state index >= 15 is 0 Å². The predicted molar refractivity (Wildman–Crippen MR) is 115 cm³/mol. The number of hydrogen-bond donors (Lipinski definition) is 2. The fourth-order valence-electron chi connectivity index (χ4n) is 4.55. The molecule has 1 spiro atoms. The van der Waals surface area contributed by atoms with Gasteiger partial charge in [-0.3, -0.25) is 14.4 Å². The quantitative estimate of drug-likeness (QED) is 0.644. The van der Waals surface area contributed by atoms with Crippen LogP contribution in [0.5, 0.6) is 0 Å². The van der Waals surface area contributed by atoms with Crippen molar-refractivity contribution in [3.8, 4) is 0 Å². The number of hydrogen-bond acceptors (Lipinski definition) is 6. The lowest BCUT2D eigenvalue weighted by Crippen LogP contribution is -2.67. The molecule has 2 N–H and O–H groups in total. The molecule has 5 rings (SSSR count). The molecule has 3 aromatic rings. The fourth-order valence-corrected chi connectivity index (χ4v) is 4.55. The number of aromatic nitrogens is 3. The van der Waals surface area contributed by atoms with Gasteiger partial charge in [-0.25, -0.2) is 10.1 Å². The van der Waals surface area contributed by atoms with Crippen LogP contribution in [0.3, 0.4) is 0 Å². The summed E-state index contributed by atoms with van der Waals surface area (Å²) in [6.45, 7) is 1.01. The van der Waals surface area contributed by atoms with E-state index in [2.05, 4.69) is 20.5 Å². The van der Waals surface area contributed by atoms with Crippen LogP contribution in [0.4, 0.5) is 5.82 Å². The summed E-state index contributed by atoms with van der Waals surface area (Å²) in [5.74, 6) is 0.475. The molecule has 2 aromatic heterocycles. The molecule has 0 aliphatic carbocycles. The van der Waals surface area contributed by atoms with Crippen LogP contribution < -0.4 is 15.8 Å². The van der Waals surface area contributed by atoms with Gasteiger partial charge in [0.25, 0.3) is 11.5 Å². The number of aromatic amines is 1. The van der Waals surface area contributed by atoms with Crippen molar-refractivity contribution in [1.29, 1.82) is 0 Å². The van der Waals surface area contributed by atoms with Crippen molar-refractivity contribution in [3.63, 3.8) is 0 Å². The average Bonchev–Trinajstić information content (AvgIpc) is 2.80. The lowest BCUT2D eigenvalue weighted by molar-refractivity contribution is -0.132. The number of benzene rings is 1. The molecule has 4 heterocycles. The van der Waals surface area contributed by atoms with Gasteiger partial charge in [-0.15, -0.1) is 0 Å². The molecule has 2 aliphatic heterocycles. The largest absolute Gasteiger partial charge is 0.342 e. The molecule has 9 heteroatoms. The van der Waals surface area contributed by atoms with Crippen LogP contribution in [0.1, 0.15) is 28.9 Å². The van der Waals surface area contributed by atoms with E-state index in [-0.39, 0.29) is 23.8 Å². The van der Waals surface area contributed by atoms with E-state index < -0.39 is 5.66 Å². The number of fused-ring (bicyclic) bond motifs is 2. The highest BCUT2D eigenvalue weighted by Gasteiger charge is 2.45. The van der Waals surface area contributed by atoms with Crippen LogP contribution >= 0.6 is 0 Å². The van der Waals surface area contributed by atoms with E-state index in [4.69, 9.17) is 0 Å². The molecule has 2 amide bonds. The molecular formula is C22H22N6O3. The van der Waals surface area contributed by atoms with Gasteiger partial charge in [0.2, 0.25) is 5.91 Å². The molecule has 31 heavy (non-hydrogen) atoms. The number of nitrogens with one attached hydrogen (secondary N) is 2. The summed E-state index contributed by atoms with van der Waals surface area (Å²) in [7, 11) is 1.93. The maximum Gasteiger partial charge on any atom is 0.272 e. The van der Waals surface area contributed by atoms with Gasteiger partial charge in [-0.05, 0) is 18.2 Å². The Bertz CT molecular complexity index is 1250. The Hall–Kier alpha value is -3.75. The Morgan fingerprint density at radius 2 is 1.84 bits per heavy atom. The summed E-state index contributed by atoms with van der Waals surface area (Å²) < 4.78 is 0. The predicted octanol–water partition coefficient (Wildman–Crippen LogP) is 1.06. The molecule has 0 radical (unpaired) electrons. The van der Waals surface area contributed by atoms with Gasteiger partial charge in [0, 0.05) is 44.6 Å². The monoisotopic (exact) mass is 418 g/mol. The Balaban J connectivity index is 1.33. The first kappa shape index (κ1) is 19.2. The molecule has 2 aliphatic rings. The number of piperidine rings is 1. The van der Waals surface area contributed by atoms with Gasteiger partial charge < -0.3 is 15.1 Å². The molecule has 0 saturated carbocycles. The minimum atomic E-state index is -0.557. The Kier molecular flexibility index (Phi) is 4.46. The van der Waals surface area contributed by atoms with E-state index in [0.717, 1.165) is 0 Å². The van der Waals surface area contributed by atoms with E-state index in [1.54, 1.807) is 35.4 Å². The highest BCUT2D eigenvalue weighted by atomic mass is 16.2. The minimum Gasteiger partial charge on any atom is -0.342 e. The van der Waals surface area contributed by atoms with Crippen molar-refractivity contribution >= 4 is 28.4 Å². The topological polar surface area (TPSA) is 111 Å². The van der Waals surface area contributed by atoms with Crippen molar-refractivity contribution in [2.45, 2.75) is 24.9 Å². The fraction of sp³-hybridized carbons (Fsp3) is 0.318. The number of pyridine rings is 1. The first-order valence-electron chi connectivity index (χ1n) is 10.2. The Morgan fingerprint density at radius 3 is 2.61 bits per heavy atom. The zero-order valence-corrected chi connectivity index (χ0v) is 17.1. The lowest BCUT2D eigenvalue weighted by Gasteiger charge is -2.50. The van der Waals surface area contributed by atoms with Crippen LogP contribution in [0.2, 0.25) is 0 Å². The number of carbonyl (C=O) groups is 2. The van der Waals surface area contributed by atoms with Crippen molar-refractivity contribution in [3.05, 3.63) is 64.2 Å².